The largest absolute Gasteiger partial charge is 0.395 e. The fourth-order valence-electron chi connectivity index (χ4n) is 3.31. The Morgan fingerprint density at radius 1 is 1.10 bits per heavy atom. The number of aromatic nitrogens is 2. The van der Waals surface area contributed by atoms with Gasteiger partial charge in [0.05, 0.1) is 11.5 Å². The molecular weight excluding hydrogens is 405 g/mol. The Bertz CT molecular complexity index is 1320. The van der Waals surface area contributed by atoms with Gasteiger partial charge in [-0.15, -0.1) is 0 Å². The summed E-state index contributed by atoms with van der Waals surface area (Å²) in [4.78, 5) is 7.31. The number of pyridine rings is 1. The molecule has 0 bridgehead atoms. The van der Waals surface area contributed by atoms with Crippen LogP contribution in [0.25, 0.3) is 33.3 Å². The molecule has 2 aromatic heterocycles. The van der Waals surface area contributed by atoms with Crippen molar-refractivity contribution in [1.29, 1.82) is 0 Å². The number of nitrogens with zero attached hydrogens (tertiary/aromatic N) is 1. The number of fused-ring (bicyclic) bond motifs is 1. The van der Waals surface area contributed by atoms with E-state index in [4.69, 9.17) is 0 Å². The summed E-state index contributed by atoms with van der Waals surface area (Å²) < 4.78 is 42.9. The van der Waals surface area contributed by atoms with E-state index in [9.17, 15) is 13.5 Å². The van der Waals surface area contributed by atoms with Crippen LogP contribution in [0.2, 0.25) is 0 Å². The first-order valence-corrected chi connectivity index (χ1v) is 10.8. The van der Waals surface area contributed by atoms with Gasteiger partial charge in [0.2, 0.25) is 10.0 Å². The Morgan fingerprint density at radius 3 is 2.67 bits per heavy atom. The normalized spacial score (nSPS) is 12.9. The average molecular weight is 425 g/mol. The molecule has 0 fully saturated rings. The van der Waals surface area contributed by atoms with Gasteiger partial charge in [-0.1, -0.05) is 30.3 Å². The van der Waals surface area contributed by atoms with Crippen LogP contribution in [0.5, 0.6) is 0 Å². The highest BCUT2D eigenvalue weighted by atomic mass is 32.2. The summed E-state index contributed by atoms with van der Waals surface area (Å²) in [6.07, 6.45) is 3.36. The van der Waals surface area contributed by atoms with E-state index >= 15 is 4.39 Å². The summed E-state index contributed by atoms with van der Waals surface area (Å²) in [6.45, 7) is 1.23. The van der Waals surface area contributed by atoms with Crippen LogP contribution in [0, 0.1) is 5.82 Å². The van der Waals surface area contributed by atoms with E-state index in [0.717, 1.165) is 11.0 Å². The summed E-state index contributed by atoms with van der Waals surface area (Å²) in [5.41, 5.74) is 2.54. The number of aliphatic hydroxyl groups is 1. The standard InChI is InChI=1S/C22H20FN3O3S/c1-14(13-27)26-30(28,29)21-5-3-2-4-19(21)15-6-7-18(20(23)11-15)17-10-16-8-9-24-22(16)25-12-17/h2-12,14,26-27H,13H2,1H3,(H,24,25)/t14-/m1/s1. The van der Waals surface area contributed by atoms with E-state index in [1.54, 1.807) is 49.6 Å². The number of aliphatic hydroxyl groups excluding tert-OH is 1. The molecule has 0 aliphatic carbocycles. The lowest BCUT2D eigenvalue weighted by molar-refractivity contribution is 0.265. The molecule has 4 aromatic rings. The van der Waals surface area contributed by atoms with Gasteiger partial charge >= 0.3 is 0 Å². The SMILES string of the molecule is C[C@H](CO)NS(=O)(=O)c1ccccc1-c1ccc(-c2cnc3[nH]ccc3c2)c(F)c1. The van der Waals surface area contributed by atoms with Crippen molar-refractivity contribution in [3.63, 3.8) is 0 Å². The topological polar surface area (TPSA) is 95.1 Å². The Morgan fingerprint density at radius 2 is 1.90 bits per heavy atom. The molecule has 1 atom stereocenters. The third kappa shape index (κ3) is 3.85. The molecule has 0 amide bonds. The van der Waals surface area contributed by atoms with Gasteiger partial charge in [0.1, 0.15) is 11.5 Å². The molecule has 3 N–H and O–H groups in total. The first-order valence-electron chi connectivity index (χ1n) is 9.34. The molecule has 0 saturated carbocycles. The second-order valence-corrected chi connectivity index (χ2v) is 8.72. The third-order valence-electron chi connectivity index (χ3n) is 4.80. The lowest BCUT2D eigenvalue weighted by Gasteiger charge is -2.15. The molecule has 0 aliphatic heterocycles. The Kier molecular flexibility index (Phi) is 5.38. The van der Waals surface area contributed by atoms with E-state index in [-0.39, 0.29) is 11.5 Å². The summed E-state index contributed by atoms with van der Waals surface area (Å²) >= 11 is 0. The Balaban J connectivity index is 1.75. The number of hydrogen-bond donors (Lipinski definition) is 3. The number of benzene rings is 2. The highest BCUT2D eigenvalue weighted by Crippen LogP contribution is 2.32. The van der Waals surface area contributed by atoms with Crippen molar-refractivity contribution in [3.8, 4) is 22.3 Å². The van der Waals surface area contributed by atoms with E-state index in [0.29, 0.717) is 22.3 Å². The van der Waals surface area contributed by atoms with Crippen LogP contribution >= 0.6 is 0 Å². The summed E-state index contributed by atoms with van der Waals surface area (Å²) in [5, 5.41) is 10.0. The predicted octanol–water partition coefficient (Wildman–Crippen LogP) is 3.70. The van der Waals surface area contributed by atoms with Crippen molar-refractivity contribution in [2.75, 3.05) is 6.61 Å². The maximum atomic E-state index is 15.0. The molecule has 6 nitrogen and oxygen atoms in total. The van der Waals surface area contributed by atoms with Gasteiger partial charge in [0.25, 0.3) is 0 Å². The van der Waals surface area contributed by atoms with E-state index in [1.165, 1.54) is 12.1 Å². The molecular formula is C22H20FN3O3S. The van der Waals surface area contributed by atoms with Crippen LogP contribution < -0.4 is 4.72 Å². The van der Waals surface area contributed by atoms with Crippen LogP contribution in [0.15, 0.2) is 71.9 Å². The van der Waals surface area contributed by atoms with Gasteiger partial charge < -0.3 is 10.1 Å². The summed E-state index contributed by atoms with van der Waals surface area (Å²) in [6, 6.07) is 14.1. The second kappa shape index (κ2) is 7.98. The molecule has 0 saturated heterocycles. The number of halogens is 1. The molecule has 0 aliphatic rings. The smallest absolute Gasteiger partial charge is 0.241 e. The quantitative estimate of drug-likeness (QED) is 0.439. The average Bonchev–Trinajstić information content (AvgIpc) is 3.21. The van der Waals surface area contributed by atoms with Crippen molar-refractivity contribution < 1.29 is 17.9 Å². The number of aromatic amines is 1. The molecule has 8 heteroatoms. The van der Waals surface area contributed by atoms with Crippen LogP contribution in [-0.2, 0) is 10.0 Å². The Hall–Kier alpha value is -3.07. The number of rotatable bonds is 6. The van der Waals surface area contributed by atoms with Crippen molar-refractivity contribution in [2.45, 2.75) is 17.9 Å². The van der Waals surface area contributed by atoms with Gasteiger partial charge in [-0.2, -0.15) is 0 Å². The number of sulfonamides is 1. The number of nitrogens with one attached hydrogen (secondary N) is 2. The summed E-state index contributed by atoms with van der Waals surface area (Å²) in [5.74, 6) is -0.479. The van der Waals surface area contributed by atoms with Gasteiger partial charge in [0.15, 0.2) is 0 Å². The zero-order valence-electron chi connectivity index (χ0n) is 16.1. The molecule has 2 aromatic carbocycles. The zero-order valence-corrected chi connectivity index (χ0v) is 16.9. The van der Waals surface area contributed by atoms with Crippen molar-refractivity contribution in [3.05, 3.63) is 72.8 Å². The molecule has 30 heavy (non-hydrogen) atoms. The van der Waals surface area contributed by atoms with E-state index in [1.807, 2.05) is 12.1 Å². The predicted molar refractivity (Wildman–Crippen MR) is 114 cm³/mol. The highest BCUT2D eigenvalue weighted by Gasteiger charge is 2.21. The zero-order chi connectivity index (χ0) is 21.3. The molecule has 4 rings (SSSR count). The minimum Gasteiger partial charge on any atom is -0.395 e. The monoisotopic (exact) mass is 425 g/mol. The number of H-pyrrole nitrogens is 1. The van der Waals surface area contributed by atoms with Crippen molar-refractivity contribution in [1.82, 2.24) is 14.7 Å². The lowest BCUT2D eigenvalue weighted by atomic mass is 10.00. The molecule has 2 heterocycles. The molecule has 0 unspecified atom stereocenters. The maximum Gasteiger partial charge on any atom is 0.241 e. The highest BCUT2D eigenvalue weighted by molar-refractivity contribution is 7.89. The van der Waals surface area contributed by atoms with Crippen LogP contribution in [-0.4, -0.2) is 36.1 Å². The lowest BCUT2D eigenvalue weighted by Crippen LogP contribution is -2.35. The van der Waals surface area contributed by atoms with Crippen LogP contribution in [0.4, 0.5) is 4.39 Å². The molecule has 154 valence electrons. The van der Waals surface area contributed by atoms with Crippen molar-refractivity contribution >= 4 is 21.1 Å². The van der Waals surface area contributed by atoms with E-state index < -0.39 is 21.9 Å². The van der Waals surface area contributed by atoms with Gasteiger partial charge in [-0.3, -0.25) is 0 Å². The summed E-state index contributed by atoms with van der Waals surface area (Å²) in [7, 11) is -3.89. The minimum absolute atomic E-state index is 0.0212. The molecule has 0 radical (unpaired) electrons. The fourth-order valence-corrected chi connectivity index (χ4v) is 4.77. The first kappa shape index (κ1) is 20.2. The third-order valence-corrected chi connectivity index (χ3v) is 6.45. The fraction of sp³-hybridized carbons (Fsp3) is 0.136. The van der Waals surface area contributed by atoms with Gasteiger partial charge in [-0.25, -0.2) is 22.5 Å². The Labute approximate surface area is 173 Å². The van der Waals surface area contributed by atoms with Crippen LogP contribution in [0.1, 0.15) is 6.92 Å². The molecule has 0 spiro atoms. The van der Waals surface area contributed by atoms with E-state index in [2.05, 4.69) is 14.7 Å². The second-order valence-electron chi connectivity index (χ2n) is 7.04. The maximum absolute atomic E-state index is 15.0. The van der Waals surface area contributed by atoms with Crippen LogP contribution in [0.3, 0.4) is 0 Å². The minimum atomic E-state index is -3.89. The van der Waals surface area contributed by atoms with Gasteiger partial charge in [0, 0.05) is 40.5 Å². The van der Waals surface area contributed by atoms with Gasteiger partial charge in [-0.05, 0) is 36.8 Å². The number of hydrogen-bond acceptors (Lipinski definition) is 4. The first-order chi connectivity index (χ1) is 14.4. The van der Waals surface area contributed by atoms with Crippen molar-refractivity contribution in [2.24, 2.45) is 0 Å².